The van der Waals surface area contributed by atoms with Crippen molar-refractivity contribution in [2.75, 3.05) is 13.7 Å². The van der Waals surface area contributed by atoms with Crippen molar-refractivity contribution in [2.24, 2.45) is 0 Å². The van der Waals surface area contributed by atoms with Crippen molar-refractivity contribution < 1.29 is 19.4 Å². The van der Waals surface area contributed by atoms with Gasteiger partial charge < -0.3 is 25.2 Å². The fraction of sp³-hybridized carbons (Fsp3) is 0.333. The van der Waals surface area contributed by atoms with Gasteiger partial charge in [0, 0.05) is 13.1 Å². The zero-order valence-corrected chi connectivity index (χ0v) is 15.6. The predicted molar refractivity (Wildman–Crippen MR) is 103 cm³/mol. The van der Waals surface area contributed by atoms with Gasteiger partial charge in [-0.25, -0.2) is 4.79 Å². The fourth-order valence-electron chi connectivity index (χ4n) is 3.25. The topological polar surface area (TPSA) is 104 Å². The second-order valence-corrected chi connectivity index (χ2v) is 6.63. The number of benzene rings is 2. The Hall–Kier alpha value is -3.08. The first-order valence-electron chi connectivity index (χ1n) is 9.07. The van der Waals surface area contributed by atoms with Crippen molar-refractivity contribution in [3.05, 3.63) is 65.2 Å². The monoisotopic (exact) mass is 381 g/mol. The molecule has 1 saturated heterocycles. The lowest BCUT2D eigenvalue weighted by Gasteiger charge is -2.22. The number of carbonyl (C=O) groups excluding carboxylic acids is 1. The molecule has 1 aliphatic heterocycles. The quantitative estimate of drug-likeness (QED) is 0.704. The molecule has 0 aliphatic carbocycles. The highest BCUT2D eigenvalue weighted by Gasteiger charge is 2.37. The average molecular weight is 381 g/mol. The molecule has 7 heteroatoms. The molecule has 2 aromatic carbocycles. The van der Waals surface area contributed by atoms with Gasteiger partial charge in [-0.3, -0.25) is 0 Å². The van der Waals surface area contributed by atoms with Crippen LogP contribution >= 0.6 is 0 Å². The zero-order chi connectivity index (χ0) is 19.9. The molecule has 0 aromatic heterocycles. The molecule has 0 saturated carbocycles. The standard InChI is InChI=1S/C21H23N3O4/c1-27-17-8-6-14(7-9-17)10-18-20(19(25)13-23-18)28-21(26)24-12-16-5-3-2-4-15(16)11-22/h2-9,18-20,23,25H,10,12-13H2,1H3,(H,24,26)/t18-,19+,20+/m1/s1. The van der Waals surface area contributed by atoms with Crippen molar-refractivity contribution >= 4 is 6.09 Å². The number of rotatable bonds is 6. The third kappa shape index (κ3) is 4.80. The largest absolute Gasteiger partial charge is 0.497 e. The number of carbonyl (C=O) groups is 1. The van der Waals surface area contributed by atoms with Crippen LogP contribution in [0.25, 0.3) is 0 Å². The summed E-state index contributed by atoms with van der Waals surface area (Å²) in [6, 6.07) is 16.6. The van der Waals surface area contributed by atoms with Gasteiger partial charge in [-0.2, -0.15) is 5.26 Å². The maximum Gasteiger partial charge on any atom is 0.407 e. The van der Waals surface area contributed by atoms with E-state index in [2.05, 4.69) is 16.7 Å². The van der Waals surface area contributed by atoms with E-state index >= 15 is 0 Å². The number of hydrogen-bond acceptors (Lipinski definition) is 6. The Balaban J connectivity index is 1.57. The Morgan fingerprint density at radius 1 is 1.29 bits per heavy atom. The molecule has 1 aliphatic rings. The third-order valence-corrected chi connectivity index (χ3v) is 4.78. The Labute approximate surface area is 163 Å². The van der Waals surface area contributed by atoms with Crippen LogP contribution in [0.4, 0.5) is 4.79 Å². The van der Waals surface area contributed by atoms with Gasteiger partial charge in [0.25, 0.3) is 0 Å². The molecule has 0 bridgehead atoms. The molecule has 0 radical (unpaired) electrons. The van der Waals surface area contributed by atoms with Gasteiger partial charge in [-0.05, 0) is 35.7 Å². The summed E-state index contributed by atoms with van der Waals surface area (Å²) in [5.74, 6) is 0.771. The number of methoxy groups -OCH3 is 1. The fourth-order valence-corrected chi connectivity index (χ4v) is 3.25. The van der Waals surface area contributed by atoms with E-state index in [0.717, 1.165) is 11.3 Å². The maximum absolute atomic E-state index is 12.2. The molecule has 28 heavy (non-hydrogen) atoms. The van der Waals surface area contributed by atoms with Crippen molar-refractivity contribution in [1.29, 1.82) is 5.26 Å². The molecule has 1 amide bonds. The molecular formula is C21H23N3O4. The van der Waals surface area contributed by atoms with Gasteiger partial charge >= 0.3 is 6.09 Å². The second kappa shape index (κ2) is 9.22. The molecule has 3 atom stereocenters. The molecule has 1 fully saturated rings. The van der Waals surface area contributed by atoms with Gasteiger partial charge in [0.05, 0.1) is 24.8 Å². The summed E-state index contributed by atoms with van der Waals surface area (Å²) in [6.45, 7) is 0.540. The normalized spacial score (nSPS) is 21.0. The molecule has 1 heterocycles. The Morgan fingerprint density at radius 3 is 2.75 bits per heavy atom. The minimum absolute atomic E-state index is 0.182. The molecule has 0 spiro atoms. The Morgan fingerprint density at radius 2 is 2.04 bits per heavy atom. The first-order valence-corrected chi connectivity index (χ1v) is 9.07. The highest BCUT2D eigenvalue weighted by Crippen LogP contribution is 2.19. The zero-order valence-electron chi connectivity index (χ0n) is 15.6. The number of nitrogens with zero attached hydrogens (tertiary/aromatic N) is 1. The summed E-state index contributed by atoms with van der Waals surface area (Å²) in [7, 11) is 1.61. The van der Waals surface area contributed by atoms with Gasteiger partial charge in [0.2, 0.25) is 0 Å². The number of ether oxygens (including phenoxy) is 2. The summed E-state index contributed by atoms with van der Waals surface area (Å²) in [4.78, 5) is 12.2. The summed E-state index contributed by atoms with van der Waals surface area (Å²) in [5.41, 5.74) is 2.26. The van der Waals surface area contributed by atoms with Crippen LogP contribution in [0.3, 0.4) is 0 Å². The lowest BCUT2D eigenvalue weighted by Crippen LogP contribution is -2.41. The molecule has 3 N–H and O–H groups in total. The average Bonchev–Trinajstić information content (AvgIpc) is 3.06. The summed E-state index contributed by atoms with van der Waals surface area (Å²) in [5, 5.41) is 25.2. The number of hydrogen-bond donors (Lipinski definition) is 3. The summed E-state index contributed by atoms with van der Waals surface area (Å²) >= 11 is 0. The number of aliphatic hydroxyl groups is 1. The van der Waals surface area contributed by atoms with E-state index in [-0.39, 0.29) is 12.6 Å². The van der Waals surface area contributed by atoms with Gasteiger partial charge in [-0.1, -0.05) is 30.3 Å². The van der Waals surface area contributed by atoms with E-state index in [1.807, 2.05) is 24.3 Å². The van der Waals surface area contributed by atoms with Crippen molar-refractivity contribution in [3.8, 4) is 11.8 Å². The van der Waals surface area contributed by atoms with Crippen LogP contribution in [0.5, 0.6) is 5.75 Å². The van der Waals surface area contributed by atoms with E-state index in [1.54, 1.807) is 31.4 Å². The van der Waals surface area contributed by atoms with Crippen LogP contribution in [-0.4, -0.2) is 43.1 Å². The van der Waals surface area contributed by atoms with Crippen molar-refractivity contribution in [2.45, 2.75) is 31.2 Å². The van der Waals surface area contributed by atoms with Gasteiger partial charge in [-0.15, -0.1) is 0 Å². The first-order chi connectivity index (χ1) is 13.6. The van der Waals surface area contributed by atoms with Crippen LogP contribution < -0.4 is 15.4 Å². The minimum atomic E-state index is -0.777. The highest BCUT2D eigenvalue weighted by atomic mass is 16.6. The molecule has 7 nitrogen and oxygen atoms in total. The Kier molecular flexibility index (Phi) is 6.48. The van der Waals surface area contributed by atoms with Crippen molar-refractivity contribution in [3.63, 3.8) is 0 Å². The van der Waals surface area contributed by atoms with E-state index in [0.29, 0.717) is 24.1 Å². The van der Waals surface area contributed by atoms with E-state index in [1.165, 1.54) is 0 Å². The van der Waals surface area contributed by atoms with E-state index in [9.17, 15) is 9.90 Å². The van der Waals surface area contributed by atoms with Crippen LogP contribution in [0.2, 0.25) is 0 Å². The van der Waals surface area contributed by atoms with E-state index < -0.39 is 18.3 Å². The number of nitriles is 1. The number of aliphatic hydroxyl groups excluding tert-OH is 1. The molecular weight excluding hydrogens is 358 g/mol. The minimum Gasteiger partial charge on any atom is -0.497 e. The highest BCUT2D eigenvalue weighted by molar-refractivity contribution is 5.67. The maximum atomic E-state index is 12.2. The molecule has 3 rings (SSSR count). The van der Waals surface area contributed by atoms with Crippen molar-refractivity contribution in [1.82, 2.24) is 10.6 Å². The van der Waals surface area contributed by atoms with Crippen LogP contribution in [0.15, 0.2) is 48.5 Å². The van der Waals surface area contributed by atoms with Crippen LogP contribution in [0, 0.1) is 11.3 Å². The number of nitrogens with one attached hydrogen (secondary N) is 2. The molecule has 146 valence electrons. The Bertz CT molecular complexity index is 847. The second-order valence-electron chi connectivity index (χ2n) is 6.63. The molecule has 2 aromatic rings. The third-order valence-electron chi connectivity index (χ3n) is 4.78. The van der Waals surface area contributed by atoms with Gasteiger partial charge in [0.1, 0.15) is 18.0 Å². The SMILES string of the molecule is COc1ccc(C[C@H]2NC[C@H](O)[C@H]2OC(=O)NCc2ccccc2C#N)cc1. The lowest BCUT2D eigenvalue weighted by molar-refractivity contribution is 0.0188. The summed E-state index contributed by atoms with van der Waals surface area (Å²) in [6.07, 6.45) is -1.45. The van der Waals surface area contributed by atoms with E-state index in [4.69, 9.17) is 14.7 Å². The predicted octanol–water partition coefficient (Wildman–Crippen LogP) is 1.74. The van der Waals surface area contributed by atoms with Crippen LogP contribution in [0.1, 0.15) is 16.7 Å². The first kappa shape index (κ1) is 19.7. The lowest BCUT2D eigenvalue weighted by atomic mass is 10.0. The summed E-state index contributed by atoms with van der Waals surface area (Å²) < 4.78 is 10.6. The number of alkyl carbamates (subject to hydrolysis) is 1. The number of amides is 1. The molecule has 0 unspecified atom stereocenters. The van der Waals surface area contributed by atoms with Crippen LogP contribution in [-0.2, 0) is 17.7 Å². The number of β-amino-alcohol motifs (C(OH)–C–C–N with tert-alkyl or cyclic N) is 1. The smallest absolute Gasteiger partial charge is 0.407 e. The van der Waals surface area contributed by atoms with Gasteiger partial charge in [0.15, 0.2) is 0 Å².